The maximum atomic E-state index is 11.7. The van der Waals surface area contributed by atoms with Gasteiger partial charge in [0.1, 0.15) is 5.75 Å². The van der Waals surface area contributed by atoms with E-state index in [0.29, 0.717) is 16.1 Å². The highest BCUT2D eigenvalue weighted by molar-refractivity contribution is 9.09. The average Bonchev–Trinajstić information content (AvgIpc) is 2.28. The van der Waals surface area contributed by atoms with E-state index in [4.69, 9.17) is 16.3 Å². The third kappa shape index (κ3) is 4.96. The van der Waals surface area contributed by atoms with E-state index >= 15 is 0 Å². The molecule has 0 aliphatic carbocycles. The summed E-state index contributed by atoms with van der Waals surface area (Å²) in [6.07, 6.45) is -0.546. The number of carbonyl (C=O) groups is 1. The van der Waals surface area contributed by atoms with Crippen LogP contribution in [0.5, 0.6) is 5.75 Å². The van der Waals surface area contributed by atoms with Crippen LogP contribution in [0.4, 0.5) is 0 Å². The Kier molecular flexibility index (Phi) is 5.78. The van der Waals surface area contributed by atoms with Crippen LogP contribution < -0.4 is 10.1 Å². The number of ether oxygens (including phenoxy) is 1. The lowest BCUT2D eigenvalue weighted by Gasteiger charge is -2.17. The second-order valence-corrected chi connectivity index (χ2v) is 4.87. The summed E-state index contributed by atoms with van der Waals surface area (Å²) in [5, 5.41) is 4.12. The molecule has 1 aromatic rings. The first-order valence-corrected chi connectivity index (χ1v) is 6.81. The number of nitrogens with one attached hydrogen (secondary N) is 1. The molecule has 0 saturated heterocycles. The van der Waals surface area contributed by atoms with E-state index < -0.39 is 6.10 Å². The summed E-state index contributed by atoms with van der Waals surface area (Å²) < 4.78 is 5.49. The quantitative estimate of drug-likeness (QED) is 0.847. The van der Waals surface area contributed by atoms with E-state index in [1.165, 1.54) is 0 Å². The highest BCUT2D eigenvalue weighted by Gasteiger charge is 2.16. The van der Waals surface area contributed by atoms with Gasteiger partial charge in [-0.1, -0.05) is 33.6 Å². The summed E-state index contributed by atoms with van der Waals surface area (Å²) in [6.45, 7) is 3.62. The fraction of sp³-hybridized carbons (Fsp3) is 0.417. The Morgan fingerprint density at radius 1 is 1.53 bits per heavy atom. The van der Waals surface area contributed by atoms with Crippen LogP contribution in [0.3, 0.4) is 0 Å². The summed E-state index contributed by atoms with van der Waals surface area (Å²) in [6, 6.07) is 7.06. The van der Waals surface area contributed by atoms with Gasteiger partial charge >= 0.3 is 0 Å². The van der Waals surface area contributed by atoms with Gasteiger partial charge in [-0.3, -0.25) is 4.79 Å². The normalized spacial score (nSPS) is 13.9. The van der Waals surface area contributed by atoms with Crippen molar-refractivity contribution in [3.05, 3.63) is 29.3 Å². The zero-order chi connectivity index (χ0) is 12.8. The van der Waals surface area contributed by atoms with Gasteiger partial charge in [0.15, 0.2) is 6.10 Å². The fourth-order valence-electron chi connectivity index (χ4n) is 1.20. The van der Waals surface area contributed by atoms with Crippen LogP contribution in [-0.4, -0.2) is 23.4 Å². The first kappa shape index (κ1) is 14.3. The summed E-state index contributed by atoms with van der Waals surface area (Å²) in [5.41, 5.74) is 0. The lowest BCUT2D eigenvalue weighted by atomic mass is 10.3. The zero-order valence-electron chi connectivity index (χ0n) is 9.74. The molecule has 5 heteroatoms. The Labute approximate surface area is 115 Å². The van der Waals surface area contributed by atoms with E-state index in [-0.39, 0.29) is 11.9 Å². The molecule has 2 unspecified atom stereocenters. The lowest BCUT2D eigenvalue weighted by Crippen LogP contribution is -2.41. The Balaban J connectivity index is 2.54. The molecular formula is C12H15BrClNO2. The monoisotopic (exact) mass is 319 g/mol. The predicted molar refractivity (Wildman–Crippen MR) is 72.9 cm³/mol. The van der Waals surface area contributed by atoms with Crippen LogP contribution >= 0.6 is 27.5 Å². The van der Waals surface area contributed by atoms with Crippen molar-refractivity contribution in [2.75, 3.05) is 5.33 Å². The first-order chi connectivity index (χ1) is 8.02. The van der Waals surface area contributed by atoms with Gasteiger partial charge in [0, 0.05) is 16.4 Å². The number of hydrogen-bond acceptors (Lipinski definition) is 2. The van der Waals surface area contributed by atoms with E-state index in [0.717, 1.165) is 0 Å². The Morgan fingerprint density at radius 3 is 2.82 bits per heavy atom. The summed E-state index contributed by atoms with van der Waals surface area (Å²) in [5.74, 6) is 0.448. The highest BCUT2D eigenvalue weighted by Crippen LogP contribution is 2.18. The van der Waals surface area contributed by atoms with E-state index in [1.807, 2.05) is 6.92 Å². The predicted octanol–water partition coefficient (Wildman–Crippen LogP) is 3.01. The maximum absolute atomic E-state index is 11.7. The molecule has 0 aliphatic heterocycles. The molecule has 0 aromatic heterocycles. The van der Waals surface area contributed by atoms with Crippen LogP contribution in [0.15, 0.2) is 24.3 Å². The molecular weight excluding hydrogens is 305 g/mol. The van der Waals surface area contributed by atoms with Gasteiger partial charge in [-0.2, -0.15) is 0 Å². The Bertz CT molecular complexity index is 387. The molecule has 17 heavy (non-hydrogen) atoms. The maximum Gasteiger partial charge on any atom is 0.261 e. The fourth-order valence-corrected chi connectivity index (χ4v) is 1.54. The number of benzene rings is 1. The van der Waals surface area contributed by atoms with Crippen LogP contribution in [0.1, 0.15) is 13.8 Å². The van der Waals surface area contributed by atoms with Gasteiger partial charge in [0.25, 0.3) is 5.91 Å². The molecule has 2 atom stereocenters. The molecule has 3 nitrogen and oxygen atoms in total. The SMILES string of the molecule is CC(CBr)NC(=O)C(C)Oc1cccc(Cl)c1. The van der Waals surface area contributed by atoms with Gasteiger partial charge in [0.2, 0.25) is 0 Å². The minimum absolute atomic E-state index is 0.0768. The molecule has 0 spiro atoms. The minimum Gasteiger partial charge on any atom is -0.481 e. The van der Waals surface area contributed by atoms with Gasteiger partial charge in [-0.05, 0) is 32.0 Å². The van der Waals surface area contributed by atoms with Gasteiger partial charge in [0.05, 0.1) is 0 Å². The zero-order valence-corrected chi connectivity index (χ0v) is 12.1. The number of alkyl halides is 1. The highest BCUT2D eigenvalue weighted by atomic mass is 79.9. The molecule has 1 rings (SSSR count). The lowest BCUT2D eigenvalue weighted by molar-refractivity contribution is -0.127. The van der Waals surface area contributed by atoms with Crippen molar-refractivity contribution in [3.63, 3.8) is 0 Å². The van der Waals surface area contributed by atoms with E-state index in [9.17, 15) is 4.79 Å². The van der Waals surface area contributed by atoms with Crippen LogP contribution in [-0.2, 0) is 4.79 Å². The molecule has 1 amide bonds. The molecule has 0 fully saturated rings. The summed E-state index contributed by atoms with van der Waals surface area (Å²) in [7, 11) is 0. The van der Waals surface area contributed by atoms with Crippen LogP contribution in [0, 0.1) is 0 Å². The Hall–Kier alpha value is -0.740. The number of carbonyl (C=O) groups excluding carboxylic acids is 1. The largest absolute Gasteiger partial charge is 0.481 e. The van der Waals surface area contributed by atoms with Crippen LogP contribution in [0.2, 0.25) is 5.02 Å². The topological polar surface area (TPSA) is 38.3 Å². The number of amides is 1. The molecule has 94 valence electrons. The van der Waals surface area contributed by atoms with Crippen molar-refractivity contribution < 1.29 is 9.53 Å². The third-order valence-corrected chi connectivity index (χ3v) is 3.30. The minimum atomic E-state index is -0.546. The number of rotatable bonds is 5. The van der Waals surface area contributed by atoms with E-state index in [2.05, 4.69) is 21.2 Å². The number of hydrogen-bond donors (Lipinski definition) is 1. The van der Waals surface area contributed by atoms with Crippen molar-refractivity contribution in [2.45, 2.75) is 26.0 Å². The van der Waals surface area contributed by atoms with Gasteiger partial charge < -0.3 is 10.1 Å². The van der Waals surface area contributed by atoms with Crippen molar-refractivity contribution in [1.29, 1.82) is 0 Å². The standard InChI is InChI=1S/C12H15BrClNO2/c1-8(7-13)15-12(16)9(2)17-11-5-3-4-10(14)6-11/h3-6,8-9H,7H2,1-2H3,(H,15,16). The molecule has 0 saturated carbocycles. The van der Waals surface area contributed by atoms with Gasteiger partial charge in [-0.15, -0.1) is 0 Å². The molecule has 0 aliphatic rings. The first-order valence-electron chi connectivity index (χ1n) is 5.31. The second-order valence-electron chi connectivity index (χ2n) is 3.78. The van der Waals surface area contributed by atoms with Crippen molar-refractivity contribution in [3.8, 4) is 5.75 Å². The van der Waals surface area contributed by atoms with Gasteiger partial charge in [-0.25, -0.2) is 0 Å². The second kappa shape index (κ2) is 6.87. The smallest absolute Gasteiger partial charge is 0.261 e. The number of halogens is 2. The average molecular weight is 321 g/mol. The molecule has 0 bridgehead atoms. The third-order valence-electron chi connectivity index (χ3n) is 2.10. The Morgan fingerprint density at radius 2 is 2.24 bits per heavy atom. The van der Waals surface area contributed by atoms with Crippen LogP contribution in [0.25, 0.3) is 0 Å². The van der Waals surface area contributed by atoms with Crippen molar-refractivity contribution >= 4 is 33.4 Å². The van der Waals surface area contributed by atoms with Crippen molar-refractivity contribution in [2.24, 2.45) is 0 Å². The summed E-state index contributed by atoms with van der Waals surface area (Å²) >= 11 is 9.12. The van der Waals surface area contributed by atoms with Crippen molar-refractivity contribution in [1.82, 2.24) is 5.32 Å². The van der Waals surface area contributed by atoms with E-state index in [1.54, 1.807) is 31.2 Å². The molecule has 0 radical (unpaired) electrons. The molecule has 1 aromatic carbocycles. The molecule has 0 heterocycles. The molecule has 1 N–H and O–H groups in total. The summed E-state index contributed by atoms with van der Waals surface area (Å²) in [4.78, 5) is 11.7.